The van der Waals surface area contributed by atoms with E-state index < -0.39 is 10.0 Å². The fourth-order valence-electron chi connectivity index (χ4n) is 3.66. The fraction of sp³-hybridized carbons (Fsp3) is 0.318. The summed E-state index contributed by atoms with van der Waals surface area (Å²) in [7, 11) is -1.68. The number of carbonyl (C=O) groups excluding carboxylic acids is 1. The van der Waals surface area contributed by atoms with Gasteiger partial charge in [-0.2, -0.15) is 4.31 Å². The predicted molar refractivity (Wildman–Crippen MR) is 127 cm³/mol. The van der Waals surface area contributed by atoms with Crippen LogP contribution in [0.15, 0.2) is 47.4 Å². The third-order valence-corrected chi connectivity index (χ3v) is 8.40. The molecule has 0 spiro atoms. The minimum Gasteiger partial charge on any atom is -0.331 e. The van der Waals surface area contributed by atoms with Gasteiger partial charge in [0.05, 0.1) is 26.1 Å². The van der Waals surface area contributed by atoms with Crippen molar-refractivity contribution < 1.29 is 13.2 Å². The molecule has 8 nitrogen and oxygen atoms in total. The third kappa shape index (κ3) is 4.25. The van der Waals surface area contributed by atoms with Crippen molar-refractivity contribution in [2.45, 2.75) is 31.6 Å². The summed E-state index contributed by atoms with van der Waals surface area (Å²) in [6.07, 6.45) is 0.678. The Balaban J connectivity index is 1.49. The summed E-state index contributed by atoms with van der Waals surface area (Å²) in [6, 6.07) is 12.7. The van der Waals surface area contributed by atoms with E-state index in [1.807, 2.05) is 49.7 Å². The van der Waals surface area contributed by atoms with Gasteiger partial charge in [0.1, 0.15) is 5.82 Å². The summed E-state index contributed by atoms with van der Waals surface area (Å²) in [5.41, 5.74) is 2.28. The molecule has 2 heterocycles. The first-order valence-electron chi connectivity index (χ1n) is 10.4. The van der Waals surface area contributed by atoms with E-state index in [1.165, 1.54) is 15.6 Å². The summed E-state index contributed by atoms with van der Waals surface area (Å²) in [5, 5.41) is 3.43. The van der Waals surface area contributed by atoms with Gasteiger partial charge in [-0.25, -0.2) is 18.4 Å². The topological polar surface area (TPSA) is 97.2 Å². The van der Waals surface area contributed by atoms with Crippen molar-refractivity contribution >= 4 is 53.6 Å². The van der Waals surface area contributed by atoms with Gasteiger partial charge in [0, 0.05) is 33.0 Å². The van der Waals surface area contributed by atoms with Crippen LogP contribution in [0.2, 0.25) is 0 Å². The van der Waals surface area contributed by atoms with E-state index in [0.29, 0.717) is 30.2 Å². The van der Waals surface area contributed by atoms with Crippen LogP contribution in [-0.2, 0) is 28.3 Å². The zero-order chi connectivity index (χ0) is 22.9. The summed E-state index contributed by atoms with van der Waals surface area (Å²) < 4.78 is 30.0. The molecule has 2 aromatic carbocycles. The van der Waals surface area contributed by atoms with E-state index in [0.717, 1.165) is 21.6 Å². The van der Waals surface area contributed by atoms with E-state index in [-0.39, 0.29) is 17.2 Å². The first-order chi connectivity index (χ1) is 15.3. The monoisotopic (exact) mass is 471 g/mol. The minimum absolute atomic E-state index is 0.138. The molecule has 0 bridgehead atoms. The Bertz CT molecular complexity index is 1350. The number of rotatable bonds is 8. The standard InChI is InChI=1S/C22H25N5O3S2/c1-4-27(5-2)32(29,30)15-10-11-18-17(14-15)23-20(26(18)3)12-13-21(28)25-22-24-16-8-6-7-9-19(16)31-22/h6-11,14H,4-5,12-13H2,1-3H3,(H,24,25,28). The number of anilines is 1. The Kier molecular flexibility index (Phi) is 6.27. The lowest BCUT2D eigenvalue weighted by Crippen LogP contribution is -2.30. The third-order valence-electron chi connectivity index (χ3n) is 5.40. The molecule has 0 aliphatic carbocycles. The van der Waals surface area contributed by atoms with Crippen molar-refractivity contribution in [1.82, 2.24) is 18.8 Å². The van der Waals surface area contributed by atoms with Gasteiger partial charge in [0.25, 0.3) is 0 Å². The Hall–Kier alpha value is -2.82. The van der Waals surface area contributed by atoms with E-state index in [2.05, 4.69) is 15.3 Å². The zero-order valence-corrected chi connectivity index (χ0v) is 19.8. The van der Waals surface area contributed by atoms with Crippen LogP contribution in [0.4, 0.5) is 5.13 Å². The lowest BCUT2D eigenvalue weighted by atomic mass is 10.3. The van der Waals surface area contributed by atoms with Crippen LogP contribution < -0.4 is 5.32 Å². The number of carbonyl (C=O) groups is 1. The normalized spacial score (nSPS) is 12.1. The van der Waals surface area contributed by atoms with Crippen LogP contribution in [0.1, 0.15) is 26.1 Å². The lowest BCUT2D eigenvalue weighted by molar-refractivity contribution is -0.116. The zero-order valence-electron chi connectivity index (χ0n) is 18.2. The number of aryl methyl sites for hydroxylation is 2. The second-order valence-electron chi connectivity index (χ2n) is 7.36. The Morgan fingerprint density at radius 1 is 1.09 bits per heavy atom. The predicted octanol–water partition coefficient (Wildman–Crippen LogP) is 3.78. The van der Waals surface area contributed by atoms with Crippen LogP contribution >= 0.6 is 11.3 Å². The molecular formula is C22H25N5O3S2. The van der Waals surface area contributed by atoms with Crippen molar-refractivity contribution in [3.05, 3.63) is 48.3 Å². The molecule has 0 unspecified atom stereocenters. The number of benzene rings is 2. The smallest absolute Gasteiger partial charge is 0.243 e. The number of aromatic nitrogens is 3. The second kappa shape index (κ2) is 8.97. The molecule has 4 rings (SSSR count). The first kappa shape index (κ1) is 22.4. The van der Waals surface area contributed by atoms with Gasteiger partial charge in [-0.3, -0.25) is 4.79 Å². The average molecular weight is 472 g/mol. The van der Waals surface area contributed by atoms with Gasteiger partial charge in [0.15, 0.2) is 5.13 Å². The minimum atomic E-state index is -3.55. The highest BCUT2D eigenvalue weighted by atomic mass is 32.2. The molecule has 0 atom stereocenters. The number of sulfonamides is 1. The molecule has 1 N–H and O–H groups in total. The van der Waals surface area contributed by atoms with Gasteiger partial charge in [-0.15, -0.1) is 0 Å². The van der Waals surface area contributed by atoms with Gasteiger partial charge >= 0.3 is 0 Å². The molecule has 0 aliphatic heterocycles. The van der Waals surface area contributed by atoms with Crippen molar-refractivity contribution in [1.29, 1.82) is 0 Å². The lowest BCUT2D eigenvalue weighted by Gasteiger charge is -2.18. The number of thiazole rings is 1. The van der Waals surface area contributed by atoms with E-state index in [1.54, 1.807) is 18.2 Å². The fourth-order valence-corrected chi connectivity index (χ4v) is 6.02. The number of fused-ring (bicyclic) bond motifs is 2. The average Bonchev–Trinajstić information content (AvgIpc) is 3.32. The summed E-state index contributed by atoms with van der Waals surface area (Å²) in [6.45, 7) is 4.46. The van der Waals surface area contributed by atoms with Crippen LogP contribution in [0.3, 0.4) is 0 Å². The number of amides is 1. The highest BCUT2D eigenvalue weighted by Crippen LogP contribution is 2.26. The van der Waals surface area contributed by atoms with Gasteiger partial charge < -0.3 is 9.88 Å². The molecule has 0 aliphatic rings. The maximum Gasteiger partial charge on any atom is 0.243 e. The molecule has 2 aromatic heterocycles. The van der Waals surface area contributed by atoms with Gasteiger partial charge in [-0.05, 0) is 30.3 Å². The quantitative estimate of drug-likeness (QED) is 0.422. The molecule has 0 saturated heterocycles. The second-order valence-corrected chi connectivity index (χ2v) is 10.3. The highest BCUT2D eigenvalue weighted by Gasteiger charge is 2.23. The van der Waals surface area contributed by atoms with E-state index in [9.17, 15) is 13.2 Å². The number of imidazole rings is 1. The Morgan fingerprint density at radius 2 is 1.84 bits per heavy atom. The molecule has 1 amide bonds. The number of hydrogen-bond donors (Lipinski definition) is 1. The number of hydrogen-bond acceptors (Lipinski definition) is 6. The molecular weight excluding hydrogens is 446 g/mol. The summed E-state index contributed by atoms with van der Waals surface area (Å²) in [4.78, 5) is 21.7. The summed E-state index contributed by atoms with van der Waals surface area (Å²) >= 11 is 1.44. The van der Waals surface area contributed by atoms with Crippen molar-refractivity contribution in [2.75, 3.05) is 18.4 Å². The molecule has 32 heavy (non-hydrogen) atoms. The molecule has 0 fully saturated rings. The molecule has 10 heteroatoms. The highest BCUT2D eigenvalue weighted by molar-refractivity contribution is 7.89. The molecule has 4 aromatic rings. The van der Waals surface area contributed by atoms with Crippen LogP contribution in [-0.4, -0.2) is 46.3 Å². The molecule has 0 radical (unpaired) electrons. The van der Waals surface area contributed by atoms with Crippen LogP contribution in [0.25, 0.3) is 21.3 Å². The number of nitrogens with zero attached hydrogens (tertiary/aromatic N) is 4. The Morgan fingerprint density at radius 3 is 2.56 bits per heavy atom. The van der Waals surface area contributed by atoms with Gasteiger partial charge in [0.2, 0.25) is 15.9 Å². The maximum absolute atomic E-state index is 12.8. The van der Waals surface area contributed by atoms with Crippen molar-refractivity contribution in [3.8, 4) is 0 Å². The van der Waals surface area contributed by atoms with Crippen LogP contribution in [0, 0.1) is 0 Å². The van der Waals surface area contributed by atoms with E-state index >= 15 is 0 Å². The van der Waals surface area contributed by atoms with E-state index in [4.69, 9.17) is 0 Å². The van der Waals surface area contributed by atoms with Crippen LogP contribution in [0.5, 0.6) is 0 Å². The maximum atomic E-state index is 12.8. The van der Waals surface area contributed by atoms with Crippen molar-refractivity contribution in [2.24, 2.45) is 7.05 Å². The number of para-hydroxylation sites is 1. The molecule has 0 saturated carbocycles. The van der Waals surface area contributed by atoms with Crippen molar-refractivity contribution in [3.63, 3.8) is 0 Å². The number of nitrogens with one attached hydrogen (secondary N) is 1. The molecule has 168 valence electrons. The summed E-state index contributed by atoms with van der Waals surface area (Å²) in [5.74, 6) is 0.581. The van der Waals surface area contributed by atoms with Gasteiger partial charge in [-0.1, -0.05) is 37.3 Å². The Labute approximate surface area is 191 Å². The largest absolute Gasteiger partial charge is 0.331 e. The first-order valence-corrected chi connectivity index (χ1v) is 12.7. The SMILES string of the molecule is CCN(CC)S(=O)(=O)c1ccc2c(c1)nc(CCC(=O)Nc1nc3ccccc3s1)n2C.